The van der Waals surface area contributed by atoms with Crippen LogP contribution in [-0.4, -0.2) is 31.1 Å². The molecule has 0 amide bonds. The number of nitrogens with two attached hydrogens (primary N) is 1. The van der Waals surface area contributed by atoms with Gasteiger partial charge in [-0.25, -0.2) is 0 Å². The summed E-state index contributed by atoms with van der Waals surface area (Å²) in [5.41, 5.74) is 7.47. The number of rotatable bonds is 7. The maximum atomic E-state index is 6.03. The minimum absolute atomic E-state index is 0.684. The number of likely N-dealkylation sites (N-methyl/N-ethyl adjacent to an activating group) is 1. The molecule has 1 saturated carbocycles. The lowest BCUT2D eigenvalue weighted by atomic mass is 9.76. The standard InChI is InChI=1S/C19H32N2/c1-3-7-17-10-11-18(15-20)19(14-17)21(2)13-12-16-8-5-4-6-9-16/h4-6,8-9,17-19H,3,7,10-15,20H2,1-2H3. The van der Waals surface area contributed by atoms with Crippen LogP contribution in [0.5, 0.6) is 0 Å². The molecule has 1 aliphatic carbocycles. The van der Waals surface area contributed by atoms with E-state index in [1.165, 1.54) is 37.7 Å². The van der Waals surface area contributed by atoms with E-state index < -0.39 is 0 Å². The van der Waals surface area contributed by atoms with Crippen molar-refractivity contribution in [2.75, 3.05) is 20.1 Å². The molecule has 1 aromatic rings. The molecule has 0 saturated heterocycles. The van der Waals surface area contributed by atoms with E-state index in [4.69, 9.17) is 5.73 Å². The van der Waals surface area contributed by atoms with Gasteiger partial charge in [0.2, 0.25) is 0 Å². The normalized spacial score (nSPS) is 26.2. The summed E-state index contributed by atoms with van der Waals surface area (Å²) in [5.74, 6) is 1.61. The van der Waals surface area contributed by atoms with E-state index in [1.54, 1.807) is 0 Å². The fourth-order valence-electron chi connectivity index (χ4n) is 3.90. The smallest absolute Gasteiger partial charge is 0.0135 e. The van der Waals surface area contributed by atoms with Crippen molar-refractivity contribution in [1.29, 1.82) is 0 Å². The van der Waals surface area contributed by atoms with Crippen LogP contribution in [-0.2, 0) is 6.42 Å². The highest BCUT2D eigenvalue weighted by Gasteiger charge is 2.31. The van der Waals surface area contributed by atoms with Crippen molar-refractivity contribution in [2.24, 2.45) is 17.6 Å². The van der Waals surface area contributed by atoms with Crippen molar-refractivity contribution in [3.05, 3.63) is 35.9 Å². The number of hydrogen-bond donors (Lipinski definition) is 1. The Hall–Kier alpha value is -0.860. The first kappa shape index (κ1) is 16.5. The second-order valence-corrected chi connectivity index (χ2v) is 6.75. The fourth-order valence-corrected chi connectivity index (χ4v) is 3.90. The average molecular weight is 288 g/mol. The molecule has 0 aliphatic heterocycles. The predicted molar refractivity (Wildman–Crippen MR) is 91.4 cm³/mol. The van der Waals surface area contributed by atoms with E-state index in [0.29, 0.717) is 12.0 Å². The number of hydrogen-bond acceptors (Lipinski definition) is 2. The van der Waals surface area contributed by atoms with Crippen LogP contribution in [0.25, 0.3) is 0 Å². The van der Waals surface area contributed by atoms with Gasteiger partial charge in [-0.05, 0) is 50.3 Å². The minimum Gasteiger partial charge on any atom is -0.330 e. The fraction of sp³-hybridized carbons (Fsp3) is 0.684. The van der Waals surface area contributed by atoms with Crippen molar-refractivity contribution in [1.82, 2.24) is 4.90 Å². The van der Waals surface area contributed by atoms with Crippen LogP contribution in [0.4, 0.5) is 0 Å². The van der Waals surface area contributed by atoms with Crippen molar-refractivity contribution in [3.63, 3.8) is 0 Å². The van der Waals surface area contributed by atoms with Crippen LogP contribution < -0.4 is 5.73 Å². The topological polar surface area (TPSA) is 29.3 Å². The molecule has 1 fully saturated rings. The Bertz CT molecular complexity index is 390. The van der Waals surface area contributed by atoms with Crippen molar-refractivity contribution >= 4 is 0 Å². The van der Waals surface area contributed by atoms with E-state index in [0.717, 1.165) is 25.4 Å². The summed E-state index contributed by atoms with van der Waals surface area (Å²) in [4.78, 5) is 2.58. The third-order valence-electron chi connectivity index (χ3n) is 5.23. The predicted octanol–water partition coefficient (Wildman–Crippen LogP) is 3.70. The molecule has 0 spiro atoms. The molecule has 118 valence electrons. The Morgan fingerprint density at radius 2 is 1.95 bits per heavy atom. The second-order valence-electron chi connectivity index (χ2n) is 6.75. The molecule has 3 atom stereocenters. The van der Waals surface area contributed by atoms with E-state index >= 15 is 0 Å². The number of nitrogens with zero attached hydrogens (tertiary/aromatic N) is 1. The van der Waals surface area contributed by atoms with E-state index in [-0.39, 0.29) is 0 Å². The Morgan fingerprint density at radius 1 is 1.19 bits per heavy atom. The molecule has 0 bridgehead atoms. The Morgan fingerprint density at radius 3 is 2.62 bits per heavy atom. The molecule has 2 rings (SSSR count). The van der Waals surface area contributed by atoms with Gasteiger partial charge in [0.1, 0.15) is 0 Å². The molecule has 1 aliphatic rings. The van der Waals surface area contributed by atoms with Gasteiger partial charge in [0, 0.05) is 12.6 Å². The van der Waals surface area contributed by atoms with Crippen LogP contribution in [0.3, 0.4) is 0 Å². The van der Waals surface area contributed by atoms with Gasteiger partial charge in [-0.3, -0.25) is 0 Å². The van der Waals surface area contributed by atoms with Gasteiger partial charge in [0.05, 0.1) is 0 Å². The molecule has 2 nitrogen and oxygen atoms in total. The number of benzene rings is 1. The minimum atomic E-state index is 0.684. The lowest BCUT2D eigenvalue weighted by Gasteiger charge is -2.41. The van der Waals surface area contributed by atoms with Gasteiger partial charge in [-0.2, -0.15) is 0 Å². The van der Waals surface area contributed by atoms with E-state index in [9.17, 15) is 0 Å². The Labute approximate surface area is 130 Å². The molecular formula is C19H32N2. The van der Waals surface area contributed by atoms with Gasteiger partial charge < -0.3 is 10.6 Å². The molecule has 0 radical (unpaired) electrons. The van der Waals surface area contributed by atoms with Crippen LogP contribution >= 0.6 is 0 Å². The van der Waals surface area contributed by atoms with Gasteiger partial charge >= 0.3 is 0 Å². The lowest BCUT2D eigenvalue weighted by Crippen LogP contribution is -2.45. The Balaban J connectivity index is 1.89. The molecule has 21 heavy (non-hydrogen) atoms. The summed E-state index contributed by atoms with van der Waals surface area (Å²) in [6, 6.07) is 11.5. The first-order valence-electron chi connectivity index (χ1n) is 8.68. The highest BCUT2D eigenvalue weighted by atomic mass is 15.1. The van der Waals surface area contributed by atoms with E-state index in [1.807, 2.05) is 0 Å². The van der Waals surface area contributed by atoms with Crippen LogP contribution in [0, 0.1) is 11.8 Å². The summed E-state index contributed by atoms with van der Waals surface area (Å²) in [6.45, 7) is 4.30. The highest BCUT2D eigenvalue weighted by Crippen LogP contribution is 2.33. The summed E-state index contributed by atoms with van der Waals surface area (Å²) < 4.78 is 0. The summed E-state index contributed by atoms with van der Waals surface area (Å²) in [5, 5.41) is 0. The zero-order valence-electron chi connectivity index (χ0n) is 13.8. The van der Waals surface area contributed by atoms with Crippen LogP contribution in [0.2, 0.25) is 0 Å². The van der Waals surface area contributed by atoms with Crippen molar-refractivity contribution in [3.8, 4) is 0 Å². The SMILES string of the molecule is CCCC1CCC(CN)C(N(C)CCc2ccccc2)C1. The summed E-state index contributed by atoms with van der Waals surface area (Å²) in [6.07, 6.45) is 7.91. The zero-order chi connectivity index (χ0) is 15.1. The Kier molecular flexibility index (Phi) is 6.72. The van der Waals surface area contributed by atoms with E-state index in [2.05, 4.69) is 49.2 Å². The van der Waals surface area contributed by atoms with Crippen molar-refractivity contribution in [2.45, 2.75) is 51.5 Å². The monoisotopic (exact) mass is 288 g/mol. The molecule has 0 heterocycles. The first-order valence-corrected chi connectivity index (χ1v) is 8.68. The molecule has 2 N–H and O–H groups in total. The van der Waals surface area contributed by atoms with Crippen LogP contribution in [0.1, 0.15) is 44.6 Å². The summed E-state index contributed by atoms with van der Waals surface area (Å²) >= 11 is 0. The molecule has 3 unspecified atom stereocenters. The average Bonchev–Trinajstić information content (AvgIpc) is 2.54. The van der Waals surface area contributed by atoms with Gasteiger partial charge in [-0.15, -0.1) is 0 Å². The maximum absolute atomic E-state index is 6.03. The summed E-state index contributed by atoms with van der Waals surface area (Å²) in [7, 11) is 2.30. The molecule has 0 aromatic heterocycles. The first-order chi connectivity index (χ1) is 10.2. The third-order valence-corrected chi connectivity index (χ3v) is 5.23. The molecular weight excluding hydrogens is 256 g/mol. The van der Waals surface area contributed by atoms with Gasteiger partial charge in [0.15, 0.2) is 0 Å². The zero-order valence-corrected chi connectivity index (χ0v) is 13.8. The molecule has 1 aromatic carbocycles. The maximum Gasteiger partial charge on any atom is 0.0135 e. The quantitative estimate of drug-likeness (QED) is 0.829. The van der Waals surface area contributed by atoms with Crippen LogP contribution in [0.15, 0.2) is 30.3 Å². The van der Waals surface area contributed by atoms with Gasteiger partial charge in [-0.1, -0.05) is 56.5 Å². The third kappa shape index (κ3) is 4.82. The lowest BCUT2D eigenvalue weighted by molar-refractivity contribution is 0.101. The second kappa shape index (κ2) is 8.55. The van der Waals surface area contributed by atoms with Gasteiger partial charge in [0.25, 0.3) is 0 Å². The molecule has 2 heteroatoms. The van der Waals surface area contributed by atoms with Crippen molar-refractivity contribution < 1.29 is 0 Å². The largest absolute Gasteiger partial charge is 0.330 e. The highest BCUT2D eigenvalue weighted by molar-refractivity contribution is 5.14.